The molecule has 1 amide bonds. The fourth-order valence-corrected chi connectivity index (χ4v) is 3.52. The molecule has 0 aliphatic carbocycles. The molecule has 0 atom stereocenters. The molecule has 1 aliphatic heterocycles. The number of carbonyl (C=O) groups excluding carboxylic acids is 2. The zero-order valence-electron chi connectivity index (χ0n) is 13.7. The van der Waals surface area contributed by atoms with Gasteiger partial charge in [-0.3, -0.25) is 9.69 Å². The van der Waals surface area contributed by atoms with Gasteiger partial charge < -0.3 is 4.74 Å². The number of hydrogen-bond acceptors (Lipinski definition) is 4. The fraction of sp³-hybridized carbons (Fsp3) is 0.100. The molecular weight excluding hydrogens is 334 g/mol. The Morgan fingerprint density at radius 3 is 2.20 bits per heavy atom. The van der Waals surface area contributed by atoms with E-state index in [9.17, 15) is 9.59 Å². The Bertz CT molecular complexity index is 812. The average Bonchev–Trinajstić information content (AvgIpc) is 2.64. The highest BCUT2D eigenvalue weighted by atomic mass is 32.2. The second-order valence-electron chi connectivity index (χ2n) is 5.26. The number of anilines is 2. The van der Waals surface area contributed by atoms with Crippen LogP contribution >= 0.6 is 11.8 Å². The topological polar surface area (TPSA) is 46.6 Å². The van der Waals surface area contributed by atoms with Gasteiger partial charge in [0.15, 0.2) is 6.61 Å². The van der Waals surface area contributed by atoms with E-state index in [4.69, 9.17) is 4.74 Å². The fourth-order valence-electron chi connectivity index (χ4n) is 2.46. The third kappa shape index (κ3) is 3.83. The van der Waals surface area contributed by atoms with E-state index >= 15 is 0 Å². The monoisotopic (exact) mass is 351 g/mol. The van der Waals surface area contributed by atoms with E-state index in [1.54, 1.807) is 34.9 Å². The van der Waals surface area contributed by atoms with E-state index in [1.165, 1.54) is 6.08 Å². The normalized spacial score (nSPS) is 12.9. The molecule has 5 heteroatoms. The lowest BCUT2D eigenvalue weighted by Gasteiger charge is -2.30. The van der Waals surface area contributed by atoms with Gasteiger partial charge in [-0.1, -0.05) is 54.3 Å². The van der Waals surface area contributed by atoms with Crippen molar-refractivity contribution < 1.29 is 14.3 Å². The second-order valence-corrected chi connectivity index (χ2v) is 6.34. The number of para-hydroxylation sites is 2. The van der Waals surface area contributed by atoms with Gasteiger partial charge in [0.25, 0.3) is 5.91 Å². The van der Waals surface area contributed by atoms with Gasteiger partial charge in [-0.05, 0) is 31.2 Å². The van der Waals surface area contributed by atoms with Crippen LogP contribution in [0, 0.1) is 0 Å². The number of ether oxygens (including phenoxy) is 1. The van der Waals surface area contributed by atoms with E-state index in [1.807, 2.05) is 55.5 Å². The van der Waals surface area contributed by atoms with Crippen LogP contribution in [0.3, 0.4) is 0 Å². The standard InChI is InChI=1S/C20H17NO3S/c1-2-3-4-13-20(23)24-14-19(22)21-15-9-5-7-11-17(15)25-18-12-8-6-10-16(18)21/h2-13H,14H2,1H3/b3-2+,13-4+. The molecule has 0 fully saturated rings. The first-order chi connectivity index (χ1) is 12.2. The number of allylic oxidation sites excluding steroid dienone is 3. The first-order valence-corrected chi connectivity index (χ1v) is 8.67. The van der Waals surface area contributed by atoms with E-state index in [0.717, 1.165) is 21.2 Å². The van der Waals surface area contributed by atoms with E-state index < -0.39 is 5.97 Å². The average molecular weight is 351 g/mol. The lowest BCUT2D eigenvalue weighted by molar-refractivity contribution is -0.142. The maximum Gasteiger partial charge on any atom is 0.331 e. The Hall–Kier alpha value is -2.79. The lowest BCUT2D eigenvalue weighted by Crippen LogP contribution is -2.32. The Morgan fingerprint density at radius 1 is 1.00 bits per heavy atom. The summed E-state index contributed by atoms with van der Waals surface area (Å²) in [5.41, 5.74) is 1.61. The van der Waals surface area contributed by atoms with Gasteiger partial charge in [-0.2, -0.15) is 0 Å². The maximum absolute atomic E-state index is 12.8. The molecule has 25 heavy (non-hydrogen) atoms. The first kappa shape index (κ1) is 17.0. The summed E-state index contributed by atoms with van der Waals surface area (Å²) in [6.45, 7) is 1.54. The third-order valence-corrected chi connectivity index (χ3v) is 4.69. The van der Waals surface area contributed by atoms with Crippen LogP contribution in [0.4, 0.5) is 11.4 Å². The maximum atomic E-state index is 12.8. The largest absolute Gasteiger partial charge is 0.452 e. The Morgan fingerprint density at radius 2 is 1.60 bits per heavy atom. The van der Waals surface area contributed by atoms with Crippen LogP contribution in [-0.4, -0.2) is 18.5 Å². The summed E-state index contributed by atoms with van der Waals surface area (Å²) < 4.78 is 5.08. The molecule has 0 spiro atoms. The van der Waals surface area contributed by atoms with Crippen LogP contribution in [0.2, 0.25) is 0 Å². The number of carbonyl (C=O) groups is 2. The molecule has 0 radical (unpaired) electrons. The molecule has 126 valence electrons. The van der Waals surface area contributed by atoms with Gasteiger partial charge in [-0.15, -0.1) is 0 Å². The number of fused-ring (bicyclic) bond motifs is 2. The SMILES string of the molecule is C/C=C/C=C/C(=O)OCC(=O)N1c2ccccc2Sc2ccccc21. The van der Waals surface area contributed by atoms with Crippen LogP contribution in [0.15, 0.2) is 82.6 Å². The summed E-state index contributed by atoms with van der Waals surface area (Å²) in [7, 11) is 0. The molecule has 2 aromatic carbocycles. The minimum Gasteiger partial charge on any atom is -0.452 e. The van der Waals surface area contributed by atoms with Crippen molar-refractivity contribution in [3.05, 3.63) is 72.8 Å². The van der Waals surface area contributed by atoms with Gasteiger partial charge in [0.05, 0.1) is 11.4 Å². The zero-order valence-corrected chi connectivity index (χ0v) is 14.5. The van der Waals surface area contributed by atoms with Crippen LogP contribution < -0.4 is 4.90 Å². The number of rotatable bonds is 4. The Labute approximate surface area is 150 Å². The van der Waals surface area contributed by atoms with Gasteiger partial charge in [-0.25, -0.2) is 4.79 Å². The van der Waals surface area contributed by atoms with E-state index in [2.05, 4.69) is 0 Å². The van der Waals surface area contributed by atoms with Crippen molar-refractivity contribution in [2.24, 2.45) is 0 Å². The molecular formula is C20H17NO3S. The molecule has 1 aliphatic rings. The van der Waals surface area contributed by atoms with Crippen molar-refractivity contribution in [1.82, 2.24) is 0 Å². The smallest absolute Gasteiger partial charge is 0.331 e. The Balaban J connectivity index is 1.81. The van der Waals surface area contributed by atoms with E-state index in [-0.39, 0.29) is 12.5 Å². The van der Waals surface area contributed by atoms with Crippen LogP contribution in [0.1, 0.15) is 6.92 Å². The predicted octanol–water partition coefficient (Wildman–Crippen LogP) is 4.49. The molecule has 0 unspecified atom stereocenters. The molecule has 0 saturated carbocycles. The van der Waals surface area contributed by atoms with Gasteiger partial charge in [0.2, 0.25) is 0 Å². The zero-order chi connectivity index (χ0) is 17.6. The van der Waals surface area contributed by atoms with Crippen LogP contribution in [-0.2, 0) is 14.3 Å². The summed E-state index contributed by atoms with van der Waals surface area (Å²) in [5, 5.41) is 0. The number of hydrogen-bond donors (Lipinski definition) is 0. The number of esters is 1. The van der Waals surface area contributed by atoms with Gasteiger partial charge in [0.1, 0.15) is 0 Å². The van der Waals surface area contributed by atoms with Crippen molar-refractivity contribution in [3.63, 3.8) is 0 Å². The van der Waals surface area contributed by atoms with Crippen LogP contribution in [0.5, 0.6) is 0 Å². The highest BCUT2D eigenvalue weighted by molar-refractivity contribution is 7.99. The summed E-state index contributed by atoms with van der Waals surface area (Å²) in [6.07, 6.45) is 6.39. The second kappa shape index (κ2) is 7.85. The molecule has 0 N–H and O–H groups in total. The van der Waals surface area contributed by atoms with Crippen LogP contribution in [0.25, 0.3) is 0 Å². The third-order valence-electron chi connectivity index (χ3n) is 3.56. The molecule has 3 rings (SSSR count). The molecule has 2 aromatic rings. The summed E-state index contributed by atoms with van der Waals surface area (Å²) in [6, 6.07) is 15.4. The van der Waals surface area contributed by atoms with Crippen molar-refractivity contribution >= 4 is 35.0 Å². The number of nitrogens with zero attached hydrogens (tertiary/aromatic N) is 1. The summed E-state index contributed by atoms with van der Waals surface area (Å²) in [5.74, 6) is -0.826. The van der Waals surface area contributed by atoms with Crippen molar-refractivity contribution in [1.29, 1.82) is 0 Å². The lowest BCUT2D eigenvalue weighted by atomic mass is 10.2. The van der Waals surface area contributed by atoms with Gasteiger partial charge in [0, 0.05) is 15.9 Å². The van der Waals surface area contributed by atoms with Gasteiger partial charge >= 0.3 is 5.97 Å². The molecule has 0 bridgehead atoms. The number of benzene rings is 2. The molecule has 0 saturated heterocycles. The summed E-state index contributed by atoms with van der Waals surface area (Å²) >= 11 is 1.62. The molecule has 1 heterocycles. The minimum atomic E-state index is -0.542. The molecule has 4 nitrogen and oxygen atoms in total. The highest BCUT2D eigenvalue weighted by Gasteiger charge is 2.28. The quantitative estimate of drug-likeness (QED) is 0.462. The van der Waals surface area contributed by atoms with Crippen molar-refractivity contribution in [3.8, 4) is 0 Å². The predicted molar refractivity (Wildman–Crippen MR) is 99.1 cm³/mol. The first-order valence-electron chi connectivity index (χ1n) is 7.85. The molecule has 0 aromatic heterocycles. The number of amides is 1. The Kier molecular flexibility index (Phi) is 5.36. The van der Waals surface area contributed by atoms with Crippen molar-refractivity contribution in [2.45, 2.75) is 16.7 Å². The minimum absolute atomic E-state index is 0.284. The summed E-state index contributed by atoms with van der Waals surface area (Å²) in [4.78, 5) is 28.0. The highest BCUT2D eigenvalue weighted by Crippen LogP contribution is 2.47. The van der Waals surface area contributed by atoms with Crippen molar-refractivity contribution in [2.75, 3.05) is 11.5 Å². The van der Waals surface area contributed by atoms with E-state index in [0.29, 0.717) is 0 Å².